The highest BCUT2D eigenvalue weighted by molar-refractivity contribution is 5.91. The molecule has 3 N–H and O–H groups in total. The molecule has 182 valence electrons. The molecule has 2 amide bonds. The van der Waals surface area contributed by atoms with Crippen LogP contribution >= 0.6 is 0 Å². The number of hydrogen-bond acceptors (Lipinski definition) is 7. The number of anilines is 1. The molecule has 34 heavy (non-hydrogen) atoms. The van der Waals surface area contributed by atoms with Crippen LogP contribution in [0.2, 0.25) is 0 Å². The molecule has 2 fully saturated rings. The fourth-order valence-corrected chi connectivity index (χ4v) is 4.46. The van der Waals surface area contributed by atoms with Gasteiger partial charge in [0.05, 0.1) is 12.7 Å². The molecule has 1 aromatic heterocycles. The van der Waals surface area contributed by atoms with E-state index in [4.69, 9.17) is 14.2 Å². The summed E-state index contributed by atoms with van der Waals surface area (Å²) in [5, 5.41) is 12.8. The first kappa shape index (κ1) is 23.6. The van der Waals surface area contributed by atoms with Crippen molar-refractivity contribution in [2.45, 2.75) is 63.0 Å². The Morgan fingerprint density at radius 2 is 2.06 bits per heavy atom. The Morgan fingerprint density at radius 1 is 1.26 bits per heavy atom. The first-order valence-corrected chi connectivity index (χ1v) is 11.5. The number of amides is 2. The number of carbonyl (C=O) groups excluding carboxylic acids is 3. The number of methoxy groups -OCH3 is 1. The van der Waals surface area contributed by atoms with E-state index in [-0.39, 0.29) is 41.6 Å². The van der Waals surface area contributed by atoms with Crippen LogP contribution in [0.4, 0.5) is 10.6 Å². The molecule has 10 nitrogen and oxygen atoms in total. The molecule has 2 atom stereocenters. The number of aldehydes is 1. The van der Waals surface area contributed by atoms with Crippen LogP contribution in [0.3, 0.4) is 0 Å². The van der Waals surface area contributed by atoms with E-state index in [9.17, 15) is 14.4 Å². The lowest BCUT2D eigenvalue weighted by atomic mass is 9.79. The summed E-state index contributed by atoms with van der Waals surface area (Å²) in [4.78, 5) is 35.8. The number of carbonyl (C=O) groups is 3. The van der Waals surface area contributed by atoms with Crippen molar-refractivity contribution in [1.82, 2.24) is 15.5 Å². The second-order valence-corrected chi connectivity index (χ2v) is 9.11. The van der Waals surface area contributed by atoms with Crippen LogP contribution in [-0.4, -0.2) is 53.8 Å². The SMILES string of the molecule is COc1cccc(OCC(=O)Nc2cc([C@H]3CC[C@@H](OC(=O)NC4(C)CCC4)C3)[nH]n2)c1C=O. The highest BCUT2D eigenvalue weighted by atomic mass is 16.6. The van der Waals surface area contributed by atoms with E-state index < -0.39 is 5.91 Å². The number of nitrogens with one attached hydrogen (secondary N) is 3. The van der Waals surface area contributed by atoms with E-state index in [0.717, 1.165) is 37.8 Å². The quantitative estimate of drug-likeness (QED) is 0.478. The standard InChI is InChI=1S/C24H30N4O6/c1-24(9-4-10-24)26-23(31)34-16-8-7-15(11-16)18-12-21(28-27-18)25-22(30)14-33-20-6-3-5-19(32-2)17(20)13-29/h3,5-6,12-13,15-16H,4,7-11,14H2,1-2H3,(H,26,31)(H2,25,27,28,30)/t15-,16+/m0/s1. The zero-order valence-electron chi connectivity index (χ0n) is 19.4. The number of hydrogen-bond donors (Lipinski definition) is 3. The minimum atomic E-state index is -0.411. The molecule has 0 spiro atoms. The van der Waals surface area contributed by atoms with Crippen LogP contribution in [0.25, 0.3) is 0 Å². The number of aromatic amines is 1. The van der Waals surface area contributed by atoms with Gasteiger partial charge in [-0.25, -0.2) is 4.79 Å². The third-order valence-electron chi connectivity index (χ3n) is 6.55. The van der Waals surface area contributed by atoms with Crippen molar-refractivity contribution >= 4 is 24.1 Å². The van der Waals surface area contributed by atoms with Crippen LogP contribution < -0.4 is 20.1 Å². The van der Waals surface area contributed by atoms with Crippen LogP contribution in [0.1, 0.15) is 67.4 Å². The minimum Gasteiger partial charge on any atom is -0.496 e. The number of rotatable bonds is 9. The van der Waals surface area contributed by atoms with Gasteiger partial charge in [0.2, 0.25) is 0 Å². The average Bonchev–Trinajstić information content (AvgIpc) is 3.45. The van der Waals surface area contributed by atoms with Crippen molar-refractivity contribution in [2.75, 3.05) is 19.0 Å². The fourth-order valence-electron chi connectivity index (χ4n) is 4.46. The number of H-pyrrole nitrogens is 1. The maximum atomic E-state index is 12.3. The van der Waals surface area contributed by atoms with Gasteiger partial charge in [0, 0.05) is 23.2 Å². The predicted octanol–water partition coefficient (Wildman–Crippen LogP) is 3.55. The topological polar surface area (TPSA) is 132 Å². The van der Waals surface area contributed by atoms with Gasteiger partial charge in [-0.3, -0.25) is 14.7 Å². The van der Waals surface area contributed by atoms with Gasteiger partial charge in [-0.2, -0.15) is 5.10 Å². The molecule has 0 radical (unpaired) electrons. The summed E-state index contributed by atoms with van der Waals surface area (Å²) in [6.07, 6.45) is 5.59. The highest BCUT2D eigenvalue weighted by Gasteiger charge is 2.35. The zero-order valence-corrected chi connectivity index (χ0v) is 19.4. The maximum Gasteiger partial charge on any atom is 0.407 e. The third kappa shape index (κ3) is 5.49. The lowest BCUT2D eigenvalue weighted by Gasteiger charge is -2.38. The first-order chi connectivity index (χ1) is 16.4. The summed E-state index contributed by atoms with van der Waals surface area (Å²) in [7, 11) is 1.46. The minimum absolute atomic E-state index is 0.128. The third-order valence-corrected chi connectivity index (χ3v) is 6.55. The van der Waals surface area contributed by atoms with Gasteiger partial charge in [0.1, 0.15) is 17.6 Å². The Hall–Kier alpha value is -3.56. The van der Waals surface area contributed by atoms with Crippen LogP contribution in [0.5, 0.6) is 11.5 Å². The molecule has 1 heterocycles. The monoisotopic (exact) mass is 470 g/mol. The van der Waals surface area contributed by atoms with Gasteiger partial charge in [0.15, 0.2) is 18.7 Å². The fraction of sp³-hybridized carbons (Fsp3) is 0.500. The van der Waals surface area contributed by atoms with Crippen LogP contribution in [0, 0.1) is 0 Å². The van der Waals surface area contributed by atoms with Gasteiger partial charge < -0.3 is 24.8 Å². The first-order valence-electron chi connectivity index (χ1n) is 11.5. The molecular formula is C24H30N4O6. The summed E-state index contributed by atoms with van der Waals surface area (Å²) in [6, 6.07) is 6.69. The van der Waals surface area contributed by atoms with E-state index in [1.54, 1.807) is 24.3 Å². The molecule has 2 aliphatic carbocycles. The van der Waals surface area contributed by atoms with Crippen molar-refractivity contribution in [3.8, 4) is 11.5 Å². The second-order valence-electron chi connectivity index (χ2n) is 9.11. The summed E-state index contributed by atoms with van der Waals surface area (Å²) < 4.78 is 16.2. The van der Waals surface area contributed by atoms with E-state index >= 15 is 0 Å². The largest absolute Gasteiger partial charge is 0.496 e. The van der Waals surface area contributed by atoms with Crippen molar-refractivity contribution < 1.29 is 28.6 Å². The summed E-state index contributed by atoms with van der Waals surface area (Å²) in [5.74, 6) is 0.771. The molecular weight excluding hydrogens is 440 g/mol. The van der Waals surface area contributed by atoms with Gasteiger partial charge in [-0.05, 0) is 57.6 Å². The second kappa shape index (κ2) is 10.1. The number of benzene rings is 1. The molecule has 10 heteroatoms. The number of aromatic nitrogens is 2. The van der Waals surface area contributed by atoms with E-state index in [2.05, 4.69) is 20.8 Å². The summed E-state index contributed by atoms with van der Waals surface area (Å²) >= 11 is 0. The molecule has 4 rings (SSSR count). The smallest absolute Gasteiger partial charge is 0.407 e. The van der Waals surface area contributed by atoms with Crippen molar-refractivity contribution in [2.24, 2.45) is 0 Å². The van der Waals surface area contributed by atoms with Crippen LogP contribution in [-0.2, 0) is 9.53 Å². The average molecular weight is 471 g/mol. The van der Waals surface area contributed by atoms with E-state index in [0.29, 0.717) is 24.3 Å². The zero-order chi connectivity index (χ0) is 24.1. The van der Waals surface area contributed by atoms with Crippen LogP contribution in [0.15, 0.2) is 24.3 Å². The molecule has 2 saturated carbocycles. The molecule has 1 aromatic carbocycles. The molecule has 0 bridgehead atoms. The van der Waals surface area contributed by atoms with Crippen molar-refractivity contribution in [3.05, 3.63) is 35.5 Å². The number of nitrogens with zero attached hydrogens (tertiary/aromatic N) is 1. The molecule has 0 unspecified atom stereocenters. The maximum absolute atomic E-state index is 12.3. The lowest BCUT2D eigenvalue weighted by Crippen LogP contribution is -2.51. The Bertz CT molecular complexity index is 1050. The Balaban J connectivity index is 1.25. The van der Waals surface area contributed by atoms with E-state index in [1.807, 2.05) is 6.92 Å². The van der Waals surface area contributed by atoms with Crippen molar-refractivity contribution in [1.29, 1.82) is 0 Å². The number of alkyl carbamates (subject to hydrolysis) is 1. The number of ether oxygens (including phenoxy) is 3. The van der Waals surface area contributed by atoms with Crippen molar-refractivity contribution in [3.63, 3.8) is 0 Å². The molecule has 0 saturated heterocycles. The Morgan fingerprint density at radius 3 is 2.76 bits per heavy atom. The summed E-state index contributed by atoms with van der Waals surface area (Å²) in [5.41, 5.74) is 0.995. The van der Waals surface area contributed by atoms with Gasteiger partial charge in [0.25, 0.3) is 5.91 Å². The summed E-state index contributed by atoms with van der Waals surface area (Å²) in [6.45, 7) is 1.75. The normalized spacial score (nSPS) is 20.6. The molecule has 0 aliphatic heterocycles. The lowest BCUT2D eigenvalue weighted by molar-refractivity contribution is -0.118. The Labute approximate surface area is 197 Å². The van der Waals surface area contributed by atoms with Gasteiger partial charge in [-0.15, -0.1) is 0 Å². The highest BCUT2D eigenvalue weighted by Crippen LogP contribution is 2.36. The van der Waals surface area contributed by atoms with E-state index in [1.165, 1.54) is 7.11 Å². The Kier molecular flexibility index (Phi) is 7.04. The predicted molar refractivity (Wildman–Crippen MR) is 123 cm³/mol. The molecule has 2 aromatic rings. The van der Waals surface area contributed by atoms with Gasteiger partial charge in [-0.1, -0.05) is 6.07 Å². The van der Waals surface area contributed by atoms with Gasteiger partial charge >= 0.3 is 6.09 Å². The molecule has 2 aliphatic rings.